The van der Waals surface area contributed by atoms with E-state index in [-0.39, 0.29) is 0 Å². The smallest absolute Gasteiger partial charge is 0.0922 e. The minimum absolute atomic E-state index is 0.592. The van der Waals surface area contributed by atoms with E-state index in [0.29, 0.717) is 12.1 Å². The minimum atomic E-state index is 0.592. The first-order valence-electron chi connectivity index (χ1n) is 5.20. The molecule has 4 nitrogen and oxygen atoms in total. The van der Waals surface area contributed by atoms with Crippen LogP contribution in [0.5, 0.6) is 0 Å². The summed E-state index contributed by atoms with van der Waals surface area (Å²) in [7, 11) is 0. The van der Waals surface area contributed by atoms with E-state index in [0.717, 1.165) is 19.6 Å². The summed E-state index contributed by atoms with van der Waals surface area (Å²) in [6.45, 7) is 7.66. The van der Waals surface area contributed by atoms with Crippen LogP contribution in [-0.4, -0.2) is 40.0 Å². The van der Waals surface area contributed by atoms with Crippen molar-refractivity contribution < 1.29 is 0 Å². The molecule has 2 N–H and O–H groups in total. The second kappa shape index (κ2) is 4.11. The molecule has 2 unspecified atom stereocenters. The van der Waals surface area contributed by atoms with Gasteiger partial charge in [-0.05, 0) is 13.8 Å². The Hall–Kier alpha value is -0.870. The Morgan fingerprint density at radius 1 is 1.57 bits per heavy atom. The molecule has 0 saturated carbocycles. The van der Waals surface area contributed by atoms with Crippen LogP contribution in [0.2, 0.25) is 0 Å². The van der Waals surface area contributed by atoms with Gasteiger partial charge < -0.3 is 10.3 Å². The molecule has 4 heteroatoms. The van der Waals surface area contributed by atoms with Crippen LogP contribution in [-0.2, 0) is 6.54 Å². The van der Waals surface area contributed by atoms with E-state index in [1.54, 1.807) is 6.33 Å². The van der Waals surface area contributed by atoms with Gasteiger partial charge >= 0.3 is 0 Å². The first kappa shape index (κ1) is 9.68. The molecule has 0 radical (unpaired) electrons. The molecule has 0 spiro atoms. The zero-order valence-corrected chi connectivity index (χ0v) is 8.83. The fourth-order valence-corrected chi connectivity index (χ4v) is 1.91. The van der Waals surface area contributed by atoms with Gasteiger partial charge in [0, 0.05) is 43.6 Å². The predicted molar refractivity (Wildman–Crippen MR) is 55.9 cm³/mol. The normalized spacial score (nSPS) is 29.3. The lowest BCUT2D eigenvalue weighted by Gasteiger charge is -2.37. The summed E-state index contributed by atoms with van der Waals surface area (Å²) < 4.78 is 0. The number of hydrogen-bond donors (Lipinski definition) is 2. The van der Waals surface area contributed by atoms with E-state index in [4.69, 9.17) is 0 Å². The number of piperazine rings is 1. The summed E-state index contributed by atoms with van der Waals surface area (Å²) in [6.07, 6.45) is 3.64. The molecule has 78 valence electrons. The maximum absolute atomic E-state index is 4.03. The summed E-state index contributed by atoms with van der Waals surface area (Å²) >= 11 is 0. The van der Waals surface area contributed by atoms with Crippen molar-refractivity contribution in [1.29, 1.82) is 0 Å². The van der Waals surface area contributed by atoms with Gasteiger partial charge in [-0.3, -0.25) is 4.90 Å². The summed E-state index contributed by atoms with van der Waals surface area (Å²) in [5.74, 6) is 0. The summed E-state index contributed by atoms with van der Waals surface area (Å²) in [5, 5.41) is 3.47. The Morgan fingerprint density at radius 3 is 3.14 bits per heavy atom. The van der Waals surface area contributed by atoms with Crippen LogP contribution in [0.15, 0.2) is 12.5 Å². The molecule has 1 aliphatic rings. The first-order valence-corrected chi connectivity index (χ1v) is 5.20. The van der Waals surface area contributed by atoms with Gasteiger partial charge in [0.2, 0.25) is 0 Å². The van der Waals surface area contributed by atoms with Gasteiger partial charge in [0.15, 0.2) is 0 Å². The summed E-state index contributed by atoms with van der Waals surface area (Å²) in [6, 6.07) is 1.20. The number of nitrogens with zero attached hydrogens (tertiary/aromatic N) is 2. The molecule has 1 aromatic heterocycles. The number of imidazole rings is 1. The molecule has 0 aliphatic carbocycles. The minimum Gasteiger partial charge on any atom is -0.347 e. The van der Waals surface area contributed by atoms with Crippen molar-refractivity contribution in [2.45, 2.75) is 32.5 Å². The van der Waals surface area contributed by atoms with Crippen LogP contribution in [0.3, 0.4) is 0 Å². The Bertz CT molecular complexity index is 270. The van der Waals surface area contributed by atoms with Gasteiger partial charge in [-0.1, -0.05) is 0 Å². The van der Waals surface area contributed by atoms with Gasteiger partial charge in [0.05, 0.1) is 6.33 Å². The summed E-state index contributed by atoms with van der Waals surface area (Å²) in [5.41, 5.74) is 1.20. The molecular weight excluding hydrogens is 176 g/mol. The van der Waals surface area contributed by atoms with E-state index in [9.17, 15) is 0 Å². The van der Waals surface area contributed by atoms with Crippen molar-refractivity contribution in [3.63, 3.8) is 0 Å². The first-order chi connectivity index (χ1) is 6.75. The highest BCUT2D eigenvalue weighted by atomic mass is 15.2. The topological polar surface area (TPSA) is 44.0 Å². The van der Waals surface area contributed by atoms with E-state index in [2.05, 4.69) is 34.0 Å². The third-order valence-electron chi connectivity index (χ3n) is 2.82. The van der Waals surface area contributed by atoms with E-state index < -0.39 is 0 Å². The monoisotopic (exact) mass is 194 g/mol. The molecule has 0 amide bonds. The number of nitrogens with one attached hydrogen (secondary N) is 2. The van der Waals surface area contributed by atoms with Crippen LogP contribution in [0.1, 0.15) is 19.5 Å². The van der Waals surface area contributed by atoms with Crippen LogP contribution < -0.4 is 5.32 Å². The van der Waals surface area contributed by atoms with E-state index in [1.165, 1.54) is 5.69 Å². The SMILES string of the molecule is CC1CN(Cc2cnc[nH]2)C(C)CN1. The average Bonchev–Trinajstić information content (AvgIpc) is 2.64. The zero-order valence-electron chi connectivity index (χ0n) is 8.83. The highest BCUT2D eigenvalue weighted by molar-refractivity contribution is 4.96. The van der Waals surface area contributed by atoms with Crippen LogP contribution in [0.4, 0.5) is 0 Å². The quantitative estimate of drug-likeness (QED) is 0.724. The van der Waals surface area contributed by atoms with Crippen LogP contribution in [0, 0.1) is 0 Å². The molecule has 14 heavy (non-hydrogen) atoms. The zero-order chi connectivity index (χ0) is 9.97. The Balaban J connectivity index is 1.95. The van der Waals surface area contributed by atoms with Gasteiger partial charge in [0.1, 0.15) is 0 Å². The Kier molecular flexibility index (Phi) is 2.84. The maximum atomic E-state index is 4.03. The van der Waals surface area contributed by atoms with Crippen molar-refractivity contribution in [3.05, 3.63) is 18.2 Å². The van der Waals surface area contributed by atoms with Crippen molar-refractivity contribution in [2.75, 3.05) is 13.1 Å². The third kappa shape index (κ3) is 2.13. The predicted octanol–water partition coefficient (Wildman–Crippen LogP) is 0.592. The van der Waals surface area contributed by atoms with Gasteiger partial charge in [-0.25, -0.2) is 4.98 Å². The van der Waals surface area contributed by atoms with Gasteiger partial charge in [-0.2, -0.15) is 0 Å². The van der Waals surface area contributed by atoms with E-state index in [1.807, 2.05) is 6.20 Å². The number of hydrogen-bond acceptors (Lipinski definition) is 3. The molecule has 1 aromatic rings. The molecule has 0 aromatic carbocycles. The van der Waals surface area contributed by atoms with Crippen molar-refractivity contribution in [2.24, 2.45) is 0 Å². The molecule has 2 atom stereocenters. The fourth-order valence-electron chi connectivity index (χ4n) is 1.91. The Morgan fingerprint density at radius 2 is 2.43 bits per heavy atom. The highest BCUT2D eigenvalue weighted by Crippen LogP contribution is 2.10. The lowest BCUT2D eigenvalue weighted by molar-refractivity contribution is 0.137. The highest BCUT2D eigenvalue weighted by Gasteiger charge is 2.22. The number of H-pyrrole nitrogens is 1. The second-order valence-corrected chi connectivity index (χ2v) is 4.16. The molecule has 1 aliphatic heterocycles. The number of aromatic nitrogens is 2. The van der Waals surface area contributed by atoms with Gasteiger partial charge in [-0.15, -0.1) is 0 Å². The van der Waals surface area contributed by atoms with E-state index >= 15 is 0 Å². The lowest BCUT2D eigenvalue weighted by Crippen LogP contribution is -2.53. The maximum Gasteiger partial charge on any atom is 0.0922 e. The van der Waals surface area contributed by atoms with Crippen molar-refractivity contribution in [1.82, 2.24) is 20.2 Å². The van der Waals surface area contributed by atoms with Gasteiger partial charge in [0.25, 0.3) is 0 Å². The summed E-state index contributed by atoms with van der Waals surface area (Å²) in [4.78, 5) is 9.66. The number of rotatable bonds is 2. The molecule has 2 rings (SSSR count). The fraction of sp³-hybridized carbons (Fsp3) is 0.700. The Labute approximate surface area is 84.7 Å². The van der Waals surface area contributed by atoms with Crippen LogP contribution in [0.25, 0.3) is 0 Å². The molecule has 1 fully saturated rings. The third-order valence-corrected chi connectivity index (χ3v) is 2.82. The molecular formula is C10H18N4. The van der Waals surface area contributed by atoms with Crippen molar-refractivity contribution >= 4 is 0 Å². The lowest BCUT2D eigenvalue weighted by atomic mass is 10.1. The number of aromatic amines is 1. The van der Waals surface area contributed by atoms with Crippen molar-refractivity contribution in [3.8, 4) is 0 Å². The molecule has 1 saturated heterocycles. The van der Waals surface area contributed by atoms with Crippen LogP contribution >= 0.6 is 0 Å². The molecule has 2 heterocycles. The average molecular weight is 194 g/mol. The largest absolute Gasteiger partial charge is 0.347 e. The molecule has 0 bridgehead atoms. The second-order valence-electron chi connectivity index (χ2n) is 4.16. The standard InChI is InChI=1S/C10H18N4/c1-8-5-14(9(2)3-12-8)6-10-4-11-7-13-10/h4,7-9,12H,3,5-6H2,1-2H3,(H,11,13).